The molecule has 1 aromatic heterocycles. The number of ether oxygens (including phenoxy) is 2. The zero-order valence-corrected chi connectivity index (χ0v) is 18.0. The van der Waals surface area contributed by atoms with E-state index in [0.717, 1.165) is 10.0 Å². The van der Waals surface area contributed by atoms with Gasteiger partial charge in [-0.05, 0) is 30.3 Å². The molecule has 1 heterocycles. The summed E-state index contributed by atoms with van der Waals surface area (Å²) in [4.78, 5) is 16.1. The van der Waals surface area contributed by atoms with Crippen molar-refractivity contribution < 1.29 is 23.0 Å². The second-order valence-corrected chi connectivity index (χ2v) is 8.17. The van der Waals surface area contributed by atoms with Crippen LogP contribution in [0, 0.1) is 0 Å². The van der Waals surface area contributed by atoms with E-state index < -0.39 is 17.2 Å². The predicted molar refractivity (Wildman–Crippen MR) is 112 cm³/mol. The molecule has 3 aromatic rings. The maximum Gasteiger partial charge on any atom is 0.337 e. The Hall–Kier alpha value is -2.27. The van der Waals surface area contributed by atoms with E-state index >= 15 is 0 Å². The monoisotopic (exact) mass is 482 g/mol. The Morgan fingerprint density at radius 2 is 1.93 bits per heavy atom. The smallest absolute Gasteiger partial charge is 0.337 e. The molecular weight excluding hydrogens is 468 g/mol. The van der Waals surface area contributed by atoms with E-state index in [9.17, 15) is 13.6 Å². The fourth-order valence-corrected chi connectivity index (χ4v) is 4.39. The molecule has 0 saturated heterocycles. The summed E-state index contributed by atoms with van der Waals surface area (Å²) in [6, 6.07) is 12.1. The highest BCUT2D eigenvalue weighted by atomic mass is 79.9. The molecule has 7 nitrogen and oxygen atoms in total. The van der Waals surface area contributed by atoms with E-state index in [-0.39, 0.29) is 11.3 Å². The third kappa shape index (κ3) is 4.25. The lowest BCUT2D eigenvalue weighted by Crippen LogP contribution is -2.19. The summed E-state index contributed by atoms with van der Waals surface area (Å²) in [5, 5.41) is 1.14. The van der Waals surface area contributed by atoms with Gasteiger partial charge in [0, 0.05) is 10.0 Å². The zero-order valence-electron chi connectivity index (χ0n) is 14.8. The molecule has 0 aliphatic rings. The van der Waals surface area contributed by atoms with Crippen LogP contribution in [0.4, 0.5) is 10.7 Å². The van der Waals surface area contributed by atoms with Crippen LogP contribution in [-0.2, 0) is 16.0 Å². The molecule has 3 rings (SSSR count). The average molecular weight is 483 g/mol. The number of aromatic nitrogens is 1. The third-order valence-corrected chi connectivity index (χ3v) is 6.14. The first kappa shape index (κ1) is 20.5. The Morgan fingerprint density at radius 3 is 2.54 bits per heavy atom. The highest BCUT2D eigenvalue weighted by Gasteiger charge is 2.23. The van der Waals surface area contributed by atoms with Gasteiger partial charge >= 0.3 is 5.97 Å². The van der Waals surface area contributed by atoms with Crippen LogP contribution in [0.25, 0.3) is 10.6 Å². The average Bonchev–Trinajstić information content (AvgIpc) is 3.17. The van der Waals surface area contributed by atoms with Crippen LogP contribution in [0.15, 0.2) is 53.1 Å². The molecule has 10 heteroatoms. The molecule has 0 bridgehead atoms. The SMILES string of the molecule is COC(=O)c1ccc(N(c2cnc(-c3ccc(Br)cc3)s2)S(=O)O)c(OC)c1. The first-order valence-corrected chi connectivity index (χ1v) is 10.5. The highest BCUT2D eigenvalue weighted by molar-refractivity contribution is 9.10. The normalized spacial score (nSPS) is 11.7. The number of methoxy groups -OCH3 is 2. The van der Waals surface area contributed by atoms with Crippen molar-refractivity contribution in [3.8, 4) is 16.3 Å². The molecule has 1 unspecified atom stereocenters. The van der Waals surface area contributed by atoms with Crippen LogP contribution in [0.5, 0.6) is 5.75 Å². The van der Waals surface area contributed by atoms with Crippen molar-refractivity contribution in [3.05, 3.63) is 58.7 Å². The quantitative estimate of drug-likeness (QED) is 0.406. The Balaban J connectivity index is 2.02. The second-order valence-electron chi connectivity index (χ2n) is 5.41. The van der Waals surface area contributed by atoms with Crippen molar-refractivity contribution in [2.75, 3.05) is 18.5 Å². The van der Waals surface area contributed by atoms with Crippen LogP contribution >= 0.6 is 27.3 Å². The molecule has 0 amide bonds. The van der Waals surface area contributed by atoms with Crippen LogP contribution < -0.4 is 9.04 Å². The molecule has 2 aromatic carbocycles. The van der Waals surface area contributed by atoms with Crippen LogP contribution in [0.1, 0.15) is 10.4 Å². The van der Waals surface area contributed by atoms with E-state index in [1.54, 1.807) is 0 Å². The number of nitrogens with zero attached hydrogens (tertiary/aromatic N) is 2. The van der Waals surface area contributed by atoms with Crippen LogP contribution in [-0.4, -0.2) is 33.9 Å². The lowest BCUT2D eigenvalue weighted by Gasteiger charge is -2.20. The van der Waals surface area contributed by atoms with E-state index in [2.05, 4.69) is 20.9 Å². The van der Waals surface area contributed by atoms with Gasteiger partial charge in [0.25, 0.3) is 11.3 Å². The van der Waals surface area contributed by atoms with Crippen molar-refractivity contribution >= 4 is 55.2 Å². The van der Waals surface area contributed by atoms with E-state index in [1.165, 1.54) is 54.3 Å². The summed E-state index contributed by atoms with van der Waals surface area (Å²) >= 11 is 2.26. The maximum atomic E-state index is 12.1. The summed E-state index contributed by atoms with van der Waals surface area (Å²) in [5.41, 5.74) is 1.48. The summed E-state index contributed by atoms with van der Waals surface area (Å²) in [6.07, 6.45) is 1.52. The van der Waals surface area contributed by atoms with Crippen LogP contribution in [0.2, 0.25) is 0 Å². The molecule has 0 spiro atoms. The van der Waals surface area contributed by atoms with Gasteiger partial charge in [0.15, 0.2) is 0 Å². The van der Waals surface area contributed by atoms with Gasteiger partial charge in [-0.1, -0.05) is 39.4 Å². The molecule has 146 valence electrons. The largest absolute Gasteiger partial charge is 0.495 e. The molecule has 0 aliphatic carbocycles. The van der Waals surface area contributed by atoms with Gasteiger partial charge in [-0.2, -0.15) is 0 Å². The van der Waals surface area contributed by atoms with Crippen molar-refractivity contribution in [1.29, 1.82) is 0 Å². The van der Waals surface area contributed by atoms with Crippen molar-refractivity contribution in [2.45, 2.75) is 0 Å². The summed E-state index contributed by atoms with van der Waals surface area (Å²) in [5.74, 6) is -0.277. The number of rotatable bonds is 6. The van der Waals surface area contributed by atoms with Gasteiger partial charge in [-0.15, -0.1) is 0 Å². The molecular formula is C18H15BrN2O5S2. The van der Waals surface area contributed by atoms with E-state index in [0.29, 0.717) is 15.7 Å². The topological polar surface area (TPSA) is 89.0 Å². The van der Waals surface area contributed by atoms with Crippen molar-refractivity contribution in [2.24, 2.45) is 0 Å². The van der Waals surface area contributed by atoms with E-state index in [1.807, 2.05) is 24.3 Å². The minimum Gasteiger partial charge on any atom is -0.495 e. The summed E-state index contributed by atoms with van der Waals surface area (Å²) in [7, 11) is 2.69. The number of esters is 1. The Kier molecular flexibility index (Phi) is 6.45. The highest BCUT2D eigenvalue weighted by Crippen LogP contribution is 2.40. The minimum atomic E-state index is -2.38. The number of carbonyl (C=O) groups excluding carboxylic acids is 1. The van der Waals surface area contributed by atoms with Gasteiger partial charge < -0.3 is 9.47 Å². The van der Waals surface area contributed by atoms with Crippen molar-refractivity contribution in [3.63, 3.8) is 0 Å². The predicted octanol–water partition coefficient (Wildman–Crippen LogP) is 4.64. The maximum absolute atomic E-state index is 12.1. The third-order valence-electron chi connectivity index (χ3n) is 3.76. The van der Waals surface area contributed by atoms with Gasteiger partial charge in [-0.3, -0.25) is 4.55 Å². The number of benzene rings is 2. The first-order chi connectivity index (χ1) is 13.4. The molecule has 28 heavy (non-hydrogen) atoms. The Labute approximate surface area is 176 Å². The van der Waals surface area contributed by atoms with Crippen molar-refractivity contribution in [1.82, 2.24) is 4.98 Å². The Bertz CT molecular complexity index is 1020. The van der Waals surface area contributed by atoms with Gasteiger partial charge in [0.05, 0.1) is 31.7 Å². The number of hydrogen-bond acceptors (Lipinski definition) is 6. The molecule has 0 saturated carbocycles. The number of thiazole rings is 1. The fourth-order valence-electron chi connectivity index (χ4n) is 2.46. The summed E-state index contributed by atoms with van der Waals surface area (Å²) in [6.45, 7) is 0. The van der Waals surface area contributed by atoms with Gasteiger partial charge in [0.2, 0.25) is 0 Å². The van der Waals surface area contributed by atoms with E-state index in [4.69, 9.17) is 9.47 Å². The Morgan fingerprint density at radius 1 is 1.21 bits per heavy atom. The molecule has 1 atom stereocenters. The number of halogens is 1. The lowest BCUT2D eigenvalue weighted by atomic mass is 10.2. The molecule has 1 N–H and O–H groups in total. The number of hydrogen-bond donors (Lipinski definition) is 1. The number of carbonyl (C=O) groups is 1. The molecule has 0 fully saturated rings. The fraction of sp³-hybridized carbons (Fsp3) is 0.111. The standard InChI is InChI=1S/C18H15BrN2O5S2/c1-25-15-9-12(18(22)26-2)5-8-14(15)21(28(23)24)16-10-20-17(27-16)11-3-6-13(19)7-4-11/h3-10H,1-2H3,(H,23,24). The summed E-state index contributed by atoms with van der Waals surface area (Å²) < 4.78 is 34.1. The number of anilines is 2. The first-order valence-electron chi connectivity index (χ1n) is 7.84. The van der Waals surface area contributed by atoms with Gasteiger partial charge in [0.1, 0.15) is 15.8 Å². The molecule has 0 radical (unpaired) electrons. The molecule has 0 aliphatic heterocycles. The lowest BCUT2D eigenvalue weighted by molar-refractivity contribution is 0.0600. The van der Waals surface area contributed by atoms with Crippen LogP contribution in [0.3, 0.4) is 0 Å². The van der Waals surface area contributed by atoms with Gasteiger partial charge in [-0.25, -0.2) is 18.3 Å². The zero-order chi connectivity index (χ0) is 20.3. The minimum absolute atomic E-state index is 0.254. The second kappa shape index (κ2) is 8.82.